The average Bonchev–Trinajstić information content (AvgIpc) is 2.87. The zero-order valence-corrected chi connectivity index (χ0v) is 12.0. The van der Waals surface area contributed by atoms with Gasteiger partial charge in [0.2, 0.25) is 5.91 Å². The van der Waals surface area contributed by atoms with E-state index in [0.29, 0.717) is 13.1 Å². The Labute approximate surface area is 122 Å². The minimum Gasteiger partial charge on any atom is -0.393 e. The van der Waals surface area contributed by atoms with Crippen molar-refractivity contribution < 1.29 is 14.3 Å². The number of likely N-dealkylation sites (tertiary alicyclic amines) is 1. The molecule has 108 valence electrons. The summed E-state index contributed by atoms with van der Waals surface area (Å²) in [6.07, 6.45) is 3.10. The van der Waals surface area contributed by atoms with E-state index < -0.39 is 11.9 Å². The number of hydrogen-bond acceptors (Lipinski definition) is 2. The van der Waals surface area contributed by atoms with E-state index in [0.717, 1.165) is 6.42 Å². The molecule has 1 saturated heterocycles. The van der Waals surface area contributed by atoms with E-state index >= 15 is 0 Å². The van der Waals surface area contributed by atoms with Gasteiger partial charge in [-0.3, -0.25) is 4.79 Å². The summed E-state index contributed by atoms with van der Waals surface area (Å²) in [6.45, 7) is 2.88. The molecule has 2 unspecified atom stereocenters. The second-order valence-corrected chi connectivity index (χ2v) is 5.45. The smallest absolute Gasteiger partial charge is 0.246 e. The SMILES string of the molecule is CC(O)C1CCN(C(=O)/C=C/c2c(F)cccc2Cl)C1. The van der Waals surface area contributed by atoms with Crippen LogP contribution in [0.2, 0.25) is 5.02 Å². The first-order valence-corrected chi connectivity index (χ1v) is 6.96. The number of halogens is 2. The molecule has 1 aliphatic rings. The highest BCUT2D eigenvalue weighted by molar-refractivity contribution is 6.32. The summed E-state index contributed by atoms with van der Waals surface area (Å²) in [5.74, 6) is -0.526. The fourth-order valence-corrected chi connectivity index (χ4v) is 2.54. The molecule has 1 fully saturated rings. The summed E-state index contributed by atoms with van der Waals surface area (Å²) >= 11 is 5.89. The van der Waals surface area contributed by atoms with Gasteiger partial charge in [-0.25, -0.2) is 4.39 Å². The number of rotatable bonds is 3. The molecule has 1 amide bonds. The standard InChI is InChI=1S/C15H17ClFNO2/c1-10(19)11-7-8-18(9-11)15(20)6-5-12-13(16)3-2-4-14(12)17/h2-6,10-11,19H,7-9H2,1H3/b6-5+. The van der Waals surface area contributed by atoms with Crippen LogP contribution in [0.25, 0.3) is 6.08 Å². The molecule has 2 atom stereocenters. The van der Waals surface area contributed by atoms with Crippen molar-refractivity contribution in [1.82, 2.24) is 4.90 Å². The highest BCUT2D eigenvalue weighted by Crippen LogP contribution is 2.22. The molecule has 0 spiro atoms. The normalized spacial score (nSPS) is 20.6. The molecule has 1 N–H and O–H groups in total. The lowest BCUT2D eigenvalue weighted by atomic mass is 10.0. The maximum Gasteiger partial charge on any atom is 0.246 e. The number of amides is 1. The van der Waals surface area contributed by atoms with Crippen LogP contribution in [0.15, 0.2) is 24.3 Å². The Kier molecular flexibility index (Phi) is 4.78. The van der Waals surface area contributed by atoms with Crippen molar-refractivity contribution in [2.75, 3.05) is 13.1 Å². The lowest BCUT2D eigenvalue weighted by molar-refractivity contribution is -0.125. The number of carbonyl (C=O) groups is 1. The van der Waals surface area contributed by atoms with Crippen LogP contribution in [0, 0.1) is 11.7 Å². The van der Waals surface area contributed by atoms with Gasteiger partial charge < -0.3 is 10.0 Å². The van der Waals surface area contributed by atoms with Gasteiger partial charge in [0, 0.05) is 30.6 Å². The van der Waals surface area contributed by atoms with Crippen molar-refractivity contribution in [3.8, 4) is 0 Å². The van der Waals surface area contributed by atoms with Gasteiger partial charge in [0.1, 0.15) is 5.82 Å². The molecule has 0 aromatic heterocycles. The van der Waals surface area contributed by atoms with Crippen molar-refractivity contribution in [3.05, 3.63) is 40.7 Å². The summed E-state index contributed by atoms with van der Waals surface area (Å²) in [4.78, 5) is 13.7. The van der Waals surface area contributed by atoms with E-state index in [1.54, 1.807) is 17.9 Å². The highest BCUT2D eigenvalue weighted by atomic mass is 35.5. The largest absolute Gasteiger partial charge is 0.393 e. The molecule has 1 aromatic rings. The van der Waals surface area contributed by atoms with Crippen molar-refractivity contribution in [2.45, 2.75) is 19.4 Å². The van der Waals surface area contributed by atoms with E-state index in [-0.39, 0.29) is 22.4 Å². The molecule has 0 bridgehead atoms. The number of benzene rings is 1. The summed E-state index contributed by atoms with van der Waals surface area (Å²) in [7, 11) is 0. The van der Waals surface area contributed by atoms with Gasteiger partial charge in [0.15, 0.2) is 0 Å². The monoisotopic (exact) mass is 297 g/mol. The Morgan fingerprint density at radius 3 is 2.95 bits per heavy atom. The van der Waals surface area contributed by atoms with Gasteiger partial charge in [-0.05, 0) is 31.6 Å². The Bertz CT molecular complexity index is 510. The maximum absolute atomic E-state index is 13.6. The summed E-state index contributed by atoms with van der Waals surface area (Å²) < 4.78 is 13.6. The van der Waals surface area contributed by atoms with E-state index in [9.17, 15) is 14.3 Å². The fraction of sp³-hybridized carbons (Fsp3) is 0.400. The van der Waals surface area contributed by atoms with Crippen LogP contribution in [-0.2, 0) is 4.79 Å². The average molecular weight is 298 g/mol. The van der Waals surface area contributed by atoms with E-state index in [1.165, 1.54) is 24.3 Å². The topological polar surface area (TPSA) is 40.5 Å². The Morgan fingerprint density at radius 2 is 2.35 bits per heavy atom. The molecular formula is C15H17ClFNO2. The molecule has 1 aliphatic heterocycles. The van der Waals surface area contributed by atoms with E-state index in [2.05, 4.69) is 0 Å². The van der Waals surface area contributed by atoms with Crippen LogP contribution in [0.5, 0.6) is 0 Å². The third kappa shape index (κ3) is 3.38. The van der Waals surface area contributed by atoms with Crippen LogP contribution < -0.4 is 0 Å². The van der Waals surface area contributed by atoms with Crippen LogP contribution in [-0.4, -0.2) is 35.1 Å². The third-order valence-corrected chi connectivity index (χ3v) is 3.94. The lowest BCUT2D eigenvalue weighted by Gasteiger charge is -2.15. The molecule has 1 heterocycles. The van der Waals surface area contributed by atoms with Gasteiger partial charge in [0.25, 0.3) is 0 Å². The van der Waals surface area contributed by atoms with Crippen molar-refractivity contribution in [3.63, 3.8) is 0 Å². The van der Waals surface area contributed by atoms with Crippen molar-refractivity contribution in [2.24, 2.45) is 5.92 Å². The number of aliphatic hydroxyl groups excluding tert-OH is 1. The number of hydrogen-bond donors (Lipinski definition) is 1. The first-order valence-electron chi connectivity index (χ1n) is 6.58. The minimum absolute atomic E-state index is 0.115. The van der Waals surface area contributed by atoms with Crippen molar-refractivity contribution >= 4 is 23.6 Å². The van der Waals surface area contributed by atoms with Gasteiger partial charge in [-0.1, -0.05) is 17.7 Å². The molecule has 0 aliphatic carbocycles. The first kappa shape index (κ1) is 15.0. The molecular weight excluding hydrogens is 281 g/mol. The van der Waals surface area contributed by atoms with Gasteiger partial charge >= 0.3 is 0 Å². The zero-order chi connectivity index (χ0) is 14.7. The summed E-state index contributed by atoms with van der Waals surface area (Å²) in [5.41, 5.74) is 0.216. The molecule has 2 rings (SSSR count). The van der Waals surface area contributed by atoms with Gasteiger partial charge in [-0.15, -0.1) is 0 Å². The molecule has 3 nitrogen and oxygen atoms in total. The quantitative estimate of drug-likeness (QED) is 0.872. The summed E-state index contributed by atoms with van der Waals surface area (Å²) in [5, 5.41) is 9.78. The highest BCUT2D eigenvalue weighted by Gasteiger charge is 2.27. The molecule has 0 radical (unpaired) electrons. The maximum atomic E-state index is 13.6. The number of carbonyl (C=O) groups excluding carboxylic acids is 1. The molecule has 0 saturated carbocycles. The zero-order valence-electron chi connectivity index (χ0n) is 11.2. The number of aliphatic hydroxyl groups is 1. The van der Waals surface area contributed by atoms with Crippen LogP contribution in [0.4, 0.5) is 4.39 Å². The molecule has 1 aromatic carbocycles. The van der Waals surface area contributed by atoms with Crippen molar-refractivity contribution in [1.29, 1.82) is 0 Å². The number of nitrogens with zero attached hydrogens (tertiary/aromatic N) is 1. The minimum atomic E-state index is -0.454. The Morgan fingerprint density at radius 1 is 1.60 bits per heavy atom. The fourth-order valence-electron chi connectivity index (χ4n) is 2.31. The van der Waals surface area contributed by atoms with E-state index in [1.807, 2.05) is 0 Å². The molecule has 20 heavy (non-hydrogen) atoms. The molecule has 5 heteroatoms. The lowest BCUT2D eigenvalue weighted by Crippen LogP contribution is -2.28. The predicted molar refractivity (Wildman–Crippen MR) is 76.8 cm³/mol. The third-order valence-electron chi connectivity index (χ3n) is 3.61. The Hall–Kier alpha value is -1.39. The van der Waals surface area contributed by atoms with E-state index in [4.69, 9.17) is 11.6 Å². The first-order chi connectivity index (χ1) is 9.49. The predicted octanol–water partition coefficient (Wildman–Crippen LogP) is 2.72. The van der Waals surface area contributed by atoms with Crippen LogP contribution in [0.1, 0.15) is 18.9 Å². The van der Waals surface area contributed by atoms with Crippen LogP contribution in [0.3, 0.4) is 0 Å². The van der Waals surface area contributed by atoms with Gasteiger partial charge in [0.05, 0.1) is 11.1 Å². The van der Waals surface area contributed by atoms with Gasteiger partial charge in [-0.2, -0.15) is 0 Å². The second kappa shape index (κ2) is 6.37. The second-order valence-electron chi connectivity index (χ2n) is 5.04. The van der Waals surface area contributed by atoms with Crippen LogP contribution >= 0.6 is 11.6 Å². The Balaban J connectivity index is 2.03. The summed E-state index contributed by atoms with van der Waals surface area (Å²) in [6, 6.07) is 4.40.